The quantitative estimate of drug-likeness (QED) is 0.606. The summed E-state index contributed by atoms with van der Waals surface area (Å²) in [6, 6.07) is 19.4. The number of rotatable bonds is 8. The van der Waals surface area contributed by atoms with Crippen LogP contribution in [0.3, 0.4) is 0 Å². The van der Waals surface area contributed by atoms with Gasteiger partial charge in [0.25, 0.3) is 5.91 Å². The predicted molar refractivity (Wildman–Crippen MR) is 116 cm³/mol. The van der Waals surface area contributed by atoms with Gasteiger partial charge in [-0.1, -0.05) is 24.3 Å². The molecule has 0 radical (unpaired) electrons. The van der Waals surface area contributed by atoms with Crippen molar-refractivity contribution >= 4 is 5.91 Å². The summed E-state index contributed by atoms with van der Waals surface area (Å²) in [6.45, 7) is 2.35. The minimum absolute atomic E-state index is 0.000998. The zero-order valence-electron chi connectivity index (χ0n) is 17.1. The number of ether oxygens (including phenoxy) is 2. The average Bonchev–Trinajstić information content (AvgIpc) is 3.25. The van der Waals surface area contributed by atoms with Crippen LogP contribution in [0, 0.1) is 0 Å². The SMILES string of the molecule is CC(NC(=O)COc1ccc2c(c1)CCC2)c1cccc(OCc2ccccn2)c1. The molecule has 5 heteroatoms. The number of nitrogens with one attached hydrogen (secondary N) is 1. The molecule has 0 saturated carbocycles. The molecule has 3 aromatic rings. The Hall–Kier alpha value is -3.34. The highest BCUT2D eigenvalue weighted by atomic mass is 16.5. The van der Waals surface area contributed by atoms with E-state index >= 15 is 0 Å². The summed E-state index contributed by atoms with van der Waals surface area (Å²) in [5.74, 6) is 1.35. The smallest absolute Gasteiger partial charge is 0.258 e. The number of amides is 1. The van der Waals surface area contributed by atoms with Crippen LogP contribution in [0.2, 0.25) is 0 Å². The molecule has 1 amide bonds. The summed E-state index contributed by atoms with van der Waals surface area (Å²) in [5.41, 5.74) is 4.57. The van der Waals surface area contributed by atoms with Crippen LogP contribution in [0.4, 0.5) is 0 Å². The fourth-order valence-corrected chi connectivity index (χ4v) is 3.67. The number of hydrogen-bond donors (Lipinski definition) is 1. The molecule has 154 valence electrons. The average molecular weight is 402 g/mol. The predicted octanol–water partition coefficient (Wildman–Crippen LogP) is 4.41. The molecule has 1 heterocycles. The molecule has 0 aliphatic heterocycles. The number of aryl methyl sites for hydroxylation is 2. The van der Waals surface area contributed by atoms with Crippen molar-refractivity contribution in [1.29, 1.82) is 0 Å². The van der Waals surface area contributed by atoms with E-state index in [0.717, 1.165) is 35.6 Å². The fourth-order valence-electron chi connectivity index (χ4n) is 3.67. The third-order valence-corrected chi connectivity index (χ3v) is 5.29. The summed E-state index contributed by atoms with van der Waals surface area (Å²) < 4.78 is 11.5. The van der Waals surface area contributed by atoms with Gasteiger partial charge in [0, 0.05) is 6.20 Å². The first kappa shape index (κ1) is 20.0. The van der Waals surface area contributed by atoms with Gasteiger partial charge in [-0.25, -0.2) is 0 Å². The second-order valence-corrected chi connectivity index (χ2v) is 7.54. The number of aromatic nitrogens is 1. The van der Waals surface area contributed by atoms with Crippen molar-refractivity contribution in [1.82, 2.24) is 10.3 Å². The topological polar surface area (TPSA) is 60.5 Å². The number of carbonyl (C=O) groups excluding carboxylic acids is 1. The highest BCUT2D eigenvalue weighted by Gasteiger charge is 2.14. The van der Waals surface area contributed by atoms with Crippen LogP contribution in [-0.2, 0) is 24.2 Å². The van der Waals surface area contributed by atoms with Crippen molar-refractivity contribution in [2.75, 3.05) is 6.61 Å². The molecule has 0 spiro atoms. The zero-order chi connectivity index (χ0) is 20.8. The Morgan fingerprint density at radius 3 is 2.73 bits per heavy atom. The number of nitrogens with zero attached hydrogens (tertiary/aromatic N) is 1. The summed E-state index contributed by atoms with van der Waals surface area (Å²) >= 11 is 0. The van der Waals surface area contributed by atoms with E-state index in [9.17, 15) is 4.79 Å². The van der Waals surface area contributed by atoms with Crippen LogP contribution in [0.5, 0.6) is 11.5 Å². The highest BCUT2D eigenvalue weighted by molar-refractivity contribution is 5.78. The summed E-state index contributed by atoms with van der Waals surface area (Å²) in [7, 11) is 0. The Morgan fingerprint density at radius 1 is 1.00 bits per heavy atom. The van der Waals surface area contributed by atoms with Crippen LogP contribution >= 0.6 is 0 Å². The second-order valence-electron chi connectivity index (χ2n) is 7.54. The maximum atomic E-state index is 12.4. The summed E-state index contributed by atoms with van der Waals surface area (Å²) in [6.07, 6.45) is 5.17. The van der Waals surface area contributed by atoms with E-state index in [1.165, 1.54) is 17.5 Å². The van der Waals surface area contributed by atoms with Crippen LogP contribution < -0.4 is 14.8 Å². The lowest BCUT2D eigenvalue weighted by atomic mass is 10.1. The van der Waals surface area contributed by atoms with Gasteiger partial charge >= 0.3 is 0 Å². The number of carbonyl (C=O) groups is 1. The fraction of sp³-hybridized carbons (Fsp3) is 0.280. The lowest BCUT2D eigenvalue weighted by Crippen LogP contribution is -2.31. The molecular weight excluding hydrogens is 376 g/mol. The highest BCUT2D eigenvalue weighted by Crippen LogP contribution is 2.26. The van der Waals surface area contributed by atoms with E-state index in [2.05, 4.69) is 22.4 Å². The molecule has 0 fully saturated rings. The molecule has 1 N–H and O–H groups in total. The van der Waals surface area contributed by atoms with E-state index in [1.807, 2.05) is 55.5 Å². The molecule has 0 bridgehead atoms. The van der Waals surface area contributed by atoms with Crippen LogP contribution in [0.25, 0.3) is 0 Å². The number of hydrogen-bond acceptors (Lipinski definition) is 4. The maximum Gasteiger partial charge on any atom is 0.258 e. The van der Waals surface area contributed by atoms with Gasteiger partial charge < -0.3 is 14.8 Å². The zero-order valence-corrected chi connectivity index (χ0v) is 17.1. The largest absolute Gasteiger partial charge is 0.487 e. The van der Waals surface area contributed by atoms with E-state index in [0.29, 0.717) is 6.61 Å². The Balaban J connectivity index is 1.28. The standard InChI is InChI=1S/C25H26N2O3/c1-18(20-7-5-10-23(14-20)29-16-22-9-2-3-13-26-22)27-25(28)17-30-24-12-11-19-6-4-8-21(19)15-24/h2-3,5,7,9-15,18H,4,6,8,16-17H2,1H3,(H,27,28). The number of pyridine rings is 1. The lowest BCUT2D eigenvalue weighted by Gasteiger charge is -2.16. The van der Waals surface area contributed by atoms with E-state index in [1.54, 1.807) is 6.20 Å². The minimum Gasteiger partial charge on any atom is -0.487 e. The van der Waals surface area contributed by atoms with E-state index < -0.39 is 0 Å². The Morgan fingerprint density at radius 2 is 1.87 bits per heavy atom. The molecule has 1 aliphatic rings. The van der Waals surface area contributed by atoms with Crippen molar-refractivity contribution in [3.63, 3.8) is 0 Å². The Kier molecular flexibility index (Phi) is 6.28. The van der Waals surface area contributed by atoms with Crippen molar-refractivity contribution in [2.24, 2.45) is 0 Å². The third-order valence-electron chi connectivity index (χ3n) is 5.29. The normalized spacial score (nSPS) is 13.4. The van der Waals surface area contributed by atoms with Crippen LogP contribution in [-0.4, -0.2) is 17.5 Å². The second kappa shape index (κ2) is 9.44. The molecule has 0 saturated heterocycles. The van der Waals surface area contributed by atoms with Crippen molar-refractivity contribution in [3.8, 4) is 11.5 Å². The van der Waals surface area contributed by atoms with Crippen molar-refractivity contribution in [2.45, 2.75) is 38.8 Å². The minimum atomic E-state index is -0.153. The molecule has 30 heavy (non-hydrogen) atoms. The Bertz CT molecular complexity index is 1000. The lowest BCUT2D eigenvalue weighted by molar-refractivity contribution is -0.123. The Labute approximate surface area is 177 Å². The molecular formula is C25H26N2O3. The molecule has 2 aromatic carbocycles. The molecule has 1 unspecified atom stereocenters. The van der Waals surface area contributed by atoms with Crippen LogP contribution in [0.15, 0.2) is 66.9 Å². The molecule has 1 aliphatic carbocycles. The van der Waals surface area contributed by atoms with Gasteiger partial charge in [0.15, 0.2) is 6.61 Å². The van der Waals surface area contributed by atoms with Gasteiger partial charge in [0.1, 0.15) is 18.1 Å². The summed E-state index contributed by atoms with van der Waals surface area (Å²) in [5, 5.41) is 2.99. The van der Waals surface area contributed by atoms with Crippen molar-refractivity contribution < 1.29 is 14.3 Å². The summed E-state index contributed by atoms with van der Waals surface area (Å²) in [4.78, 5) is 16.6. The van der Waals surface area contributed by atoms with Crippen molar-refractivity contribution in [3.05, 3.63) is 89.2 Å². The van der Waals surface area contributed by atoms with E-state index in [4.69, 9.17) is 9.47 Å². The van der Waals surface area contributed by atoms with Gasteiger partial charge in [-0.2, -0.15) is 0 Å². The van der Waals surface area contributed by atoms with Gasteiger partial charge in [-0.05, 0) is 79.3 Å². The molecule has 4 rings (SSSR count). The van der Waals surface area contributed by atoms with Gasteiger partial charge in [0.2, 0.25) is 0 Å². The number of fused-ring (bicyclic) bond motifs is 1. The first-order valence-corrected chi connectivity index (χ1v) is 10.3. The van der Waals surface area contributed by atoms with Crippen LogP contribution in [0.1, 0.15) is 41.8 Å². The van der Waals surface area contributed by atoms with E-state index in [-0.39, 0.29) is 18.6 Å². The first-order valence-electron chi connectivity index (χ1n) is 10.3. The molecule has 1 atom stereocenters. The van der Waals surface area contributed by atoms with Gasteiger partial charge in [-0.3, -0.25) is 9.78 Å². The molecule has 1 aromatic heterocycles. The molecule has 5 nitrogen and oxygen atoms in total. The first-order chi connectivity index (χ1) is 14.7. The van der Waals surface area contributed by atoms with Gasteiger partial charge in [-0.15, -0.1) is 0 Å². The van der Waals surface area contributed by atoms with Gasteiger partial charge in [0.05, 0.1) is 11.7 Å². The number of benzene rings is 2. The maximum absolute atomic E-state index is 12.4. The monoisotopic (exact) mass is 402 g/mol. The third kappa shape index (κ3) is 5.17.